The number of aryl methyl sites for hydroxylation is 1. The Balaban J connectivity index is 2.59. The molecule has 0 bridgehead atoms. The Morgan fingerprint density at radius 2 is 1.88 bits per heavy atom. The summed E-state index contributed by atoms with van der Waals surface area (Å²) in [5.41, 5.74) is 2.04. The van der Waals surface area contributed by atoms with Crippen molar-refractivity contribution in [3.05, 3.63) is 29.6 Å². The number of hydrogen-bond donors (Lipinski definition) is 0. The van der Waals surface area contributed by atoms with E-state index < -0.39 is 0 Å². The SMILES string of the molecule is CCCC(CCC)C(=O)Cc1ccc(C)cn1. The van der Waals surface area contributed by atoms with Crippen LogP contribution >= 0.6 is 0 Å². The highest BCUT2D eigenvalue weighted by Crippen LogP contribution is 2.16. The predicted molar refractivity (Wildman–Crippen MR) is 71.0 cm³/mol. The number of aromatic nitrogens is 1. The van der Waals surface area contributed by atoms with Crippen LogP contribution < -0.4 is 0 Å². The van der Waals surface area contributed by atoms with Crippen LogP contribution in [0.25, 0.3) is 0 Å². The zero-order valence-electron chi connectivity index (χ0n) is 11.2. The van der Waals surface area contributed by atoms with Crippen molar-refractivity contribution in [2.45, 2.75) is 52.9 Å². The Morgan fingerprint density at radius 1 is 1.24 bits per heavy atom. The fourth-order valence-electron chi connectivity index (χ4n) is 2.09. The summed E-state index contributed by atoms with van der Waals surface area (Å²) in [6.07, 6.45) is 6.51. The molecule has 0 spiro atoms. The van der Waals surface area contributed by atoms with Gasteiger partial charge in [0.2, 0.25) is 0 Å². The number of nitrogens with zero attached hydrogens (tertiary/aromatic N) is 1. The molecule has 0 N–H and O–H groups in total. The smallest absolute Gasteiger partial charge is 0.141 e. The highest BCUT2D eigenvalue weighted by atomic mass is 16.1. The highest BCUT2D eigenvalue weighted by Gasteiger charge is 2.17. The van der Waals surface area contributed by atoms with Crippen LogP contribution in [0, 0.1) is 12.8 Å². The van der Waals surface area contributed by atoms with E-state index in [1.807, 2.05) is 25.3 Å². The molecule has 1 aromatic rings. The molecule has 0 atom stereocenters. The van der Waals surface area contributed by atoms with Gasteiger partial charge in [0.1, 0.15) is 5.78 Å². The molecule has 0 aliphatic rings. The lowest BCUT2D eigenvalue weighted by atomic mass is 9.91. The first kappa shape index (κ1) is 13.9. The van der Waals surface area contributed by atoms with Gasteiger partial charge in [-0.2, -0.15) is 0 Å². The van der Waals surface area contributed by atoms with E-state index in [1.165, 1.54) is 0 Å². The molecule has 0 saturated heterocycles. The number of carbonyl (C=O) groups is 1. The average molecular weight is 233 g/mol. The normalized spacial score (nSPS) is 10.8. The molecule has 1 rings (SSSR count). The maximum absolute atomic E-state index is 12.1. The van der Waals surface area contributed by atoms with Crippen LogP contribution in [0.4, 0.5) is 0 Å². The van der Waals surface area contributed by atoms with E-state index in [0.29, 0.717) is 12.2 Å². The van der Waals surface area contributed by atoms with Crippen molar-refractivity contribution in [1.82, 2.24) is 4.98 Å². The van der Waals surface area contributed by atoms with Crippen LogP contribution in [0.5, 0.6) is 0 Å². The van der Waals surface area contributed by atoms with Crippen LogP contribution in [0.2, 0.25) is 0 Å². The number of hydrogen-bond acceptors (Lipinski definition) is 2. The fourth-order valence-corrected chi connectivity index (χ4v) is 2.09. The lowest BCUT2D eigenvalue weighted by molar-refractivity contribution is -0.122. The van der Waals surface area contributed by atoms with E-state index in [2.05, 4.69) is 18.8 Å². The van der Waals surface area contributed by atoms with E-state index in [9.17, 15) is 4.79 Å². The first-order valence-electron chi connectivity index (χ1n) is 6.61. The minimum atomic E-state index is 0.230. The second-order valence-corrected chi connectivity index (χ2v) is 4.74. The molecule has 17 heavy (non-hydrogen) atoms. The van der Waals surface area contributed by atoms with Gasteiger partial charge in [0.15, 0.2) is 0 Å². The van der Waals surface area contributed by atoms with Gasteiger partial charge in [-0.25, -0.2) is 0 Å². The number of carbonyl (C=O) groups excluding carboxylic acids is 1. The molecule has 0 unspecified atom stereocenters. The zero-order chi connectivity index (χ0) is 12.7. The molecule has 0 aromatic carbocycles. The molecule has 0 saturated carbocycles. The third-order valence-corrected chi connectivity index (χ3v) is 3.06. The first-order valence-corrected chi connectivity index (χ1v) is 6.61. The Morgan fingerprint density at radius 3 is 2.35 bits per heavy atom. The van der Waals surface area contributed by atoms with E-state index in [1.54, 1.807) is 0 Å². The third kappa shape index (κ3) is 4.68. The van der Waals surface area contributed by atoms with Crippen molar-refractivity contribution in [3.8, 4) is 0 Å². The van der Waals surface area contributed by atoms with Crippen molar-refractivity contribution < 1.29 is 4.79 Å². The van der Waals surface area contributed by atoms with Crippen molar-refractivity contribution in [2.24, 2.45) is 5.92 Å². The minimum Gasteiger partial charge on any atom is -0.299 e. The van der Waals surface area contributed by atoms with Gasteiger partial charge < -0.3 is 0 Å². The molecule has 0 aliphatic heterocycles. The lowest BCUT2D eigenvalue weighted by Crippen LogP contribution is -2.17. The molecule has 0 amide bonds. The maximum atomic E-state index is 12.1. The quantitative estimate of drug-likeness (QED) is 0.718. The Labute approximate surface area is 104 Å². The lowest BCUT2D eigenvalue weighted by Gasteiger charge is -2.13. The van der Waals surface area contributed by atoms with Gasteiger partial charge in [-0.3, -0.25) is 9.78 Å². The molecule has 0 aliphatic carbocycles. The van der Waals surface area contributed by atoms with Crippen LogP contribution in [-0.4, -0.2) is 10.8 Å². The van der Waals surface area contributed by atoms with Crippen molar-refractivity contribution >= 4 is 5.78 Å². The van der Waals surface area contributed by atoms with Crippen LogP contribution in [0.15, 0.2) is 18.3 Å². The van der Waals surface area contributed by atoms with Crippen LogP contribution in [-0.2, 0) is 11.2 Å². The average Bonchev–Trinajstić information content (AvgIpc) is 2.32. The summed E-state index contributed by atoms with van der Waals surface area (Å²) in [6.45, 7) is 6.29. The molecule has 94 valence electrons. The topological polar surface area (TPSA) is 30.0 Å². The summed E-state index contributed by atoms with van der Waals surface area (Å²) in [5, 5.41) is 0. The molecular formula is C15H23NO. The number of ketones is 1. The van der Waals surface area contributed by atoms with Crippen molar-refractivity contribution in [2.75, 3.05) is 0 Å². The summed E-state index contributed by atoms with van der Waals surface area (Å²) in [4.78, 5) is 16.4. The summed E-state index contributed by atoms with van der Waals surface area (Å²) in [7, 11) is 0. The third-order valence-electron chi connectivity index (χ3n) is 3.06. The minimum absolute atomic E-state index is 0.230. The largest absolute Gasteiger partial charge is 0.299 e. The van der Waals surface area contributed by atoms with E-state index in [0.717, 1.165) is 36.9 Å². The Bertz CT molecular complexity index is 336. The monoisotopic (exact) mass is 233 g/mol. The molecule has 0 radical (unpaired) electrons. The van der Waals surface area contributed by atoms with Gasteiger partial charge in [-0.15, -0.1) is 0 Å². The van der Waals surface area contributed by atoms with Crippen LogP contribution in [0.1, 0.15) is 50.8 Å². The van der Waals surface area contributed by atoms with Gasteiger partial charge in [-0.05, 0) is 31.4 Å². The van der Waals surface area contributed by atoms with E-state index in [4.69, 9.17) is 0 Å². The number of pyridine rings is 1. The summed E-state index contributed by atoms with van der Waals surface area (Å²) in [5.74, 6) is 0.582. The second-order valence-electron chi connectivity index (χ2n) is 4.74. The Hall–Kier alpha value is -1.18. The van der Waals surface area contributed by atoms with Crippen molar-refractivity contribution in [1.29, 1.82) is 0 Å². The standard InChI is InChI=1S/C15H23NO/c1-4-6-13(7-5-2)15(17)10-14-9-8-12(3)11-16-14/h8-9,11,13H,4-7,10H2,1-3H3. The summed E-state index contributed by atoms with van der Waals surface area (Å²) < 4.78 is 0. The molecule has 2 nitrogen and oxygen atoms in total. The van der Waals surface area contributed by atoms with Gasteiger partial charge >= 0.3 is 0 Å². The number of Topliss-reactive ketones (excluding diaryl/α,β-unsaturated/α-hetero) is 1. The Kier molecular flexibility index (Phi) is 5.88. The van der Waals surface area contributed by atoms with Gasteiger partial charge in [0.05, 0.1) is 0 Å². The van der Waals surface area contributed by atoms with Crippen molar-refractivity contribution in [3.63, 3.8) is 0 Å². The summed E-state index contributed by atoms with van der Waals surface area (Å²) >= 11 is 0. The maximum Gasteiger partial charge on any atom is 0.141 e. The molecule has 2 heteroatoms. The summed E-state index contributed by atoms with van der Waals surface area (Å²) in [6, 6.07) is 3.98. The molecule has 1 heterocycles. The zero-order valence-corrected chi connectivity index (χ0v) is 11.2. The second kappa shape index (κ2) is 7.21. The molecular weight excluding hydrogens is 210 g/mol. The number of rotatable bonds is 7. The molecule has 1 aromatic heterocycles. The fraction of sp³-hybridized carbons (Fsp3) is 0.600. The van der Waals surface area contributed by atoms with Gasteiger partial charge in [-0.1, -0.05) is 32.8 Å². The predicted octanol–water partition coefficient (Wildman–Crippen LogP) is 3.72. The van der Waals surface area contributed by atoms with Gasteiger partial charge in [0.25, 0.3) is 0 Å². The van der Waals surface area contributed by atoms with Gasteiger partial charge in [0, 0.05) is 24.2 Å². The van der Waals surface area contributed by atoms with Crippen LogP contribution in [0.3, 0.4) is 0 Å². The highest BCUT2D eigenvalue weighted by molar-refractivity contribution is 5.82. The van der Waals surface area contributed by atoms with E-state index >= 15 is 0 Å². The first-order chi connectivity index (χ1) is 8.17. The van der Waals surface area contributed by atoms with E-state index in [-0.39, 0.29) is 5.92 Å². The molecule has 0 fully saturated rings.